The highest BCUT2D eigenvalue weighted by Gasteiger charge is 2.23. The second kappa shape index (κ2) is 8.26. The van der Waals surface area contributed by atoms with E-state index in [9.17, 15) is 19.5 Å². The minimum atomic E-state index is -1.09. The number of carbonyl (C=O) groups excluding carboxylic acids is 1. The van der Waals surface area contributed by atoms with Crippen LogP contribution in [0.5, 0.6) is 5.75 Å². The van der Waals surface area contributed by atoms with Crippen LogP contribution in [0.3, 0.4) is 0 Å². The molecule has 0 saturated carbocycles. The number of nitrogens with zero attached hydrogens (tertiary/aromatic N) is 1. The Labute approximate surface area is 159 Å². The normalized spacial score (nSPS) is 10.6. The number of para-hydroxylation sites is 1. The molecule has 144 valence electrons. The lowest BCUT2D eigenvalue weighted by Gasteiger charge is -2.15. The summed E-state index contributed by atoms with van der Waals surface area (Å²) in [5.41, 5.74) is -0.209. The fraction of sp³-hybridized carbons (Fsp3) is 0.150. The van der Waals surface area contributed by atoms with Crippen LogP contribution in [0.25, 0.3) is 10.9 Å². The zero-order chi connectivity index (χ0) is 20.1. The fourth-order valence-corrected chi connectivity index (χ4v) is 2.72. The minimum Gasteiger partial charge on any atom is -0.506 e. The highest BCUT2D eigenvalue weighted by molar-refractivity contribution is 6.02. The molecule has 0 radical (unpaired) electrons. The fourth-order valence-electron chi connectivity index (χ4n) is 2.72. The van der Waals surface area contributed by atoms with Crippen LogP contribution >= 0.6 is 0 Å². The van der Waals surface area contributed by atoms with Gasteiger partial charge in [0.15, 0.2) is 0 Å². The van der Waals surface area contributed by atoms with Crippen molar-refractivity contribution in [2.24, 2.45) is 0 Å². The summed E-state index contributed by atoms with van der Waals surface area (Å²) >= 11 is 0. The smallest absolute Gasteiger partial charge is 0.305 e. The Balaban J connectivity index is 2.01. The summed E-state index contributed by atoms with van der Waals surface area (Å²) in [5.74, 6) is -2.44. The van der Waals surface area contributed by atoms with E-state index in [1.807, 2.05) is 30.3 Å². The highest BCUT2D eigenvalue weighted by atomic mass is 16.7. The van der Waals surface area contributed by atoms with Gasteiger partial charge in [-0.15, -0.1) is 4.73 Å². The van der Waals surface area contributed by atoms with E-state index in [1.54, 1.807) is 24.3 Å². The predicted octanol–water partition coefficient (Wildman–Crippen LogP) is 1.54. The van der Waals surface area contributed by atoms with E-state index in [1.165, 1.54) is 0 Å². The molecule has 0 atom stereocenters. The van der Waals surface area contributed by atoms with Crippen molar-refractivity contribution in [1.82, 2.24) is 10.0 Å². The quantitative estimate of drug-likeness (QED) is 0.571. The van der Waals surface area contributed by atoms with Gasteiger partial charge in [-0.3, -0.25) is 14.4 Å². The molecule has 0 aliphatic carbocycles. The van der Waals surface area contributed by atoms with Gasteiger partial charge in [-0.05, 0) is 17.7 Å². The Morgan fingerprint density at radius 3 is 2.43 bits per heavy atom. The Hall–Kier alpha value is -3.81. The van der Waals surface area contributed by atoms with Gasteiger partial charge in [0.25, 0.3) is 11.5 Å². The topological polar surface area (TPSA) is 118 Å². The van der Waals surface area contributed by atoms with E-state index in [2.05, 4.69) is 5.32 Å². The lowest BCUT2D eigenvalue weighted by molar-refractivity contribution is -0.136. The summed E-state index contributed by atoms with van der Waals surface area (Å²) in [7, 11) is 0. The monoisotopic (exact) mass is 382 g/mol. The summed E-state index contributed by atoms with van der Waals surface area (Å²) in [5, 5.41) is 21.7. The van der Waals surface area contributed by atoms with Gasteiger partial charge in [-0.25, -0.2) is 0 Å². The molecule has 2 aromatic carbocycles. The largest absolute Gasteiger partial charge is 0.506 e. The number of pyridine rings is 1. The lowest BCUT2D eigenvalue weighted by Crippen LogP contribution is -2.36. The first-order valence-electron chi connectivity index (χ1n) is 8.53. The molecule has 1 amide bonds. The van der Waals surface area contributed by atoms with Crippen molar-refractivity contribution in [3.05, 3.63) is 76.1 Å². The number of benzene rings is 2. The van der Waals surface area contributed by atoms with Crippen molar-refractivity contribution in [2.75, 3.05) is 6.54 Å². The van der Waals surface area contributed by atoms with Crippen molar-refractivity contribution in [3.63, 3.8) is 0 Å². The molecule has 0 spiro atoms. The Bertz CT molecular complexity index is 1080. The highest BCUT2D eigenvalue weighted by Crippen LogP contribution is 2.25. The summed E-state index contributed by atoms with van der Waals surface area (Å²) in [6.45, 7) is -0.0969. The third kappa shape index (κ3) is 3.96. The van der Waals surface area contributed by atoms with Gasteiger partial charge in [0.2, 0.25) is 0 Å². The Kier molecular flexibility index (Phi) is 5.59. The molecule has 0 bridgehead atoms. The molecule has 3 rings (SSSR count). The number of carboxylic acid groups (broad SMARTS) is 1. The molecule has 3 N–H and O–H groups in total. The molecule has 0 unspecified atom stereocenters. The van der Waals surface area contributed by atoms with Crippen LogP contribution in [-0.4, -0.2) is 33.4 Å². The molecule has 0 aliphatic heterocycles. The Morgan fingerprint density at radius 1 is 1.04 bits per heavy atom. The van der Waals surface area contributed by atoms with Gasteiger partial charge < -0.3 is 20.4 Å². The summed E-state index contributed by atoms with van der Waals surface area (Å²) in [6, 6.07) is 15.6. The predicted molar refractivity (Wildman–Crippen MR) is 101 cm³/mol. The minimum absolute atomic E-state index is 0.0790. The SMILES string of the molecule is O=C(O)CCNC(=O)c1c(O)c2ccccc2n(OCc2ccccc2)c1=O. The number of hydrogen-bond donors (Lipinski definition) is 3. The van der Waals surface area contributed by atoms with Gasteiger partial charge in [0.05, 0.1) is 11.9 Å². The van der Waals surface area contributed by atoms with E-state index in [-0.39, 0.29) is 25.0 Å². The maximum absolute atomic E-state index is 12.9. The van der Waals surface area contributed by atoms with Crippen LogP contribution in [0, 0.1) is 0 Å². The average Bonchev–Trinajstić information content (AvgIpc) is 2.68. The van der Waals surface area contributed by atoms with Crippen LogP contribution in [0.4, 0.5) is 0 Å². The van der Waals surface area contributed by atoms with Crippen molar-refractivity contribution in [2.45, 2.75) is 13.0 Å². The third-order valence-corrected chi connectivity index (χ3v) is 4.07. The number of aromatic hydroxyl groups is 1. The van der Waals surface area contributed by atoms with Gasteiger partial charge >= 0.3 is 5.97 Å². The van der Waals surface area contributed by atoms with Gasteiger partial charge in [-0.2, -0.15) is 0 Å². The molecular formula is C20H18N2O6. The first-order valence-corrected chi connectivity index (χ1v) is 8.53. The van der Waals surface area contributed by atoms with Crippen molar-refractivity contribution in [1.29, 1.82) is 0 Å². The number of amides is 1. The van der Waals surface area contributed by atoms with Crippen molar-refractivity contribution in [3.8, 4) is 5.75 Å². The first kappa shape index (κ1) is 19.0. The molecule has 1 heterocycles. The van der Waals surface area contributed by atoms with Gasteiger partial charge in [0.1, 0.15) is 17.9 Å². The van der Waals surface area contributed by atoms with E-state index in [4.69, 9.17) is 9.94 Å². The maximum atomic E-state index is 12.9. The van der Waals surface area contributed by atoms with Crippen LogP contribution in [0.15, 0.2) is 59.4 Å². The van der Waals surface area contributed by atoms with Crippen LogP contribution in [-0.2, 0) is 11.4 Å². The molecule has 0 fully saturated rings. The van der Waals surface area contributed by atoms with E-state index >= 15 is 0 Å². The summed E-state index contributed by atoms with van der Waals surface area (Å²) < 4.78 is 0.966. The number of carbonyl (C=O) groups is 2. The number of rotatable bonds is 7. The van der Waals surface area contributed by atoms with Crippen LogP contribution in [0.2, 0.25) is 0 Å². The summed E-state index contributed by atoms with van der Waals surface area (Å²) in [4.78, 5) is 41.5. The number of fused-ring (bicyclic) bond motifs is 1. The molecule has 1 aromatic heterocycles. The van der Waals surface area contributed by atoms with Crippen molar-refractivity contribution < 1.29 is 24.6 Å². The molecule has 0 saturated heterocycles. The standard InChI is InChI=1S/C20H18N2O6/c23-16(24)10-11-21-19(26)17-18(25)14-8-4-5-9-15(14)22(20(17)27)28-12-13-6-2-1-3-7-13/h1-9,25H,10-12H2,(H,21,26)(H,23,24). The molecule has 8 nitrogen and oxygen atoms in total. The third-order valence-electron chi connectivity index (χ3n) is 4.07. The second-order valence-corrected chi connectivity index (χ2v) is 6.00. The van der Waals surface area contributed by atoms with Crippen molar-refractivity contribution >= 4 is 22.8 Å². The van der Waals surface area contributed by atoms with E-state index in [0.717, 1.165) is 10.3 Å². The number of aliphatic carboxylic acids is 1. The van der Waals surface area contributed by atoms with Crippen LogP contribution < -0.4 is 15.7 Å². The molecular weight excluding hydrogens is 364 g/mol. The summed E-state index contributed by atoms with van der Waals surface area (Å²) in [6.07, 6.45) is -0.307. The Morgan fingerprint density at radius 2 is 1.71 bits per heavy atom. The first-order chi connectivity index (χ1) is 13.5. The molecule has 8 heteroatoms. The molecule has 0 aliphatic rings. The number of aromatic nitrogens is 1. The molecule has 28 heavy (non-hydrogen) atoms. The number of hydrogen-bond acceptors (Lipinski definition) is 5. The lowest BCUT2D eigenvalue weighted by atomic mass is 10.1. The van der Waals surface area contributed by atoms with Gasteiger partial charge in [-0.1, -0.05) is 42.5 Å². The molecule has 3 aromatic rings. The second-order valence-electron chi connectivity index (χ2n) is 6.00. The van der Waals surface area contributed by atoms with E-state index in [0.29, 0.717) is 5.52 Å². The van der Waals surface area contributed by atoms with E-state index < -0.39 is 28.7 Å². The zero-order valence-electron chi connectivity index (χ0n) is 14.8. The zero-order valence-corrected chi connectivity index (χ0v) is 14.8. The number of nitrogens with one attached hydrogen (secondary N) is 1. The average molecular weight is 382 g/mol. The number of carboxylic acids is 1. The maximum Gasteiger partial charge on any atom is 0.305 e. The van der Waals surface area contributed by atoms with Gasteiger partial charge in [0, 0.05) is 11.9 Å². The van der Waals surface area contributed by atoms with Crippen LogP contribution in [0.1, 0.15) is 22.3 Å².